The van der Waals surface area contributed by atoms with E-state index in [9.17, 15) is 4.39 Å². The van der Waals surface area contributed by atoms with E-state index in [1.165, 1.54) is 13.8 Å². The SMILES string of the molecule is [2H]C(C)C(C)(C)F. The van der Waals surface area contributed by atoms with Gasteiger partial charge in [0.25, 0.3) is 0 Å². The molecule has 0 saturated carbocycles. The van der Waals surface area contributed by atoms with Crippen molar-refractivity contribution in [2.24, 2.45) is 0 Å². The van der Waals surface area contributed by atoms with E-state index in [0.29, 0.717) is 0 Å². The summed E-state index contributed by atoms with van der Waals surface area (Å²) in [6.07, 6.45) is -0.618. The van der Waals surface area contributed by atoms with Gasteiger partial charge in [-0.1, -0.05) is 6.92 Å². The maximum absolute atomic E-state index is 12.3. The highest BCUT2D eigenvalue weighted by Crippen LogP contribution is 2.10. The van der Waals surface area contributed by atoms with Gasteiger partial charge in [-0.3, -0.25) is 0 Å². The first-order valence-corrected chi connectivity index (χ1v) is 2.06. The molecule has 38 valence electrons. The third-order valence-corrected chi connectivity index (χ3v) is 0.686. The molecule has 0 spiro atoms. The maximum Gasteiger partial charge on any atom is 0.105 e. The van der Waals surface area contributed by atoms with Crippen molar-refractivity contribution >= 4 is 0 Å². The molecule has 1 unspecified atom stereocenters. The van der Waals surface area contributed by atoms with Gasteiger partial charge in [-0.2, -0.15) is 0 Å². The van der Waals surface area contributed by atoms with Crippen LogP contribution in [0.5, 0.6) is 0 Å². The highest BCUT2D eigenvalue weighted by atomic mass is 19.1. The summed E-state index contributed by atoms with van der Waals surface area (Å²) < 4.78 is 19.2. The summed E-state index contributed by atoms with van der Waals surface area (Å²) in [5, 5.41) is 0. The Morgan fingerprint density at radius 3 is 2.00 bits per heavy atom. The second-order valence-electron chi connectivity index (χ2n) is 1.85. The molecule has 0 heterocycles. The molecule has 0 aliphatic carbocycles. The lowest BCUT2D eigenvalue weighted by Gasteiger charge is -2.07. The Labute approximate surface area is 39.8 Å². The highest BCUT2D eigenvalue weighted by molar-refractivity contribution is 4.60. The molecule has 0 nitrogen and oxygen atoms in total. The van der Waals surface area contributed by atoms with E-state index in [0.717, 1.165) is 0 Å². The first-order chi connectivity index (χ1) is 2.94. The normalized spacial score (nSPS) is 19.7. The van der Waals surface area contributed by atoms with E-state index in [1.807, 2.05) is 0 Å². The standard InChI is InChI=1S/C5H11F/c1-4-5(2,3)6/h4H2,1-3H3/i4D. The predicted octanol–water partition coefficient (Wildman–Crippen LogP) is 2.14. The summed E-state index contributed by atoms with van der Waals surface area (Å²) in [5.41, 5.74) is -1.33. The van der Waals surface area contributed by atoms with Crippen molar-refractivity contribution < 1.29 is 5.76 Å². The van der Waals surface area contributed by atoms with Crippen molar-refractivity contribution in [3.05, 3.63) is 0 Å². The van der Waals surface area contributed by atoms with Gasteiger partial charge < -0.3 is 0 Å². The molecule has 0 aliphatic heterocycles. The van der Waals surface area contributed by atoms with Crippen molar-refractivity contribution in [3.8, 4) is 0 Å². The number of rotatable bonds is 1. The van der Waals surface area contributed by atoms with Crippen LogP contribution in [0.3, 0.4) is 0 Å². The summed E-state index contributed by atoms with van der Waals surface area (Å²) in [6, 6.07) is 0. The average molecular weight is 91.1 g/mol. The van der Waals surface area contributed by atoms with Crippen molar-refractivity contribution in [1.29, 1.82) is 0 Å². The van der Waals surface area contributed by atoms with Gasteiger partial charge in [0.1, 0.15) is 5.67 Å². The predicted molar refractivity (Wildman–Crippen MR) is 25.5 cm³/mol. The van der Waals surface area contributed by atoms with Crippen LogP contribution in [0.4, 0.5) is 4.39 Å². The first kappa shape index (κ1) is 4.10. The van der Waals surface area contributed by atoms with Crippen LogP contribution in [0.2, 0.25) is 0 Å². The van der Waals surface area contributed by atoms with Crippen LogP contribution in [0, 0.1) is 0 Å². The fraction of sp³-hybridized carbons (Fsp3) is 1.00. The largest absolute Gasteiger partial charge is 0.245 e. The molecule has 0 radical (unpaired) electrons. The van der Waals surface area contributed by atoms with Crippen molar-refractivity contribution in [2.45, 2.75) is 32.8 Å². The molecule has 0 aliphatic rings. The number of hydrogen-bond donors (Lipinski definition) is 0. The van der Waals surface area contributed by atoms with Gasteiger partial charge >= 0.3 is 0 Å². The zero-order valence-corrected chi connectivity index (χ0v) is 4.46. The minimum Gasteiger partial charge on any atom is -0.245 e. The van der Waals surface area contributed by atoms with E-state index in [4.69, 9.17) is 1.37 Å². The molecule has 0 rings (SSSR count). The summed E-state index contributed by atoms with van der Waals surface area (Å²) in [4.78, 5) is 0. The topological polar surface area (TPSA) is 0 Å². The van der Waals surface area contributed by atoms with E-state index in [1.54, 1.807) is 6.92 Å². The van der Waals surface area contributed by atoms with Crippen LogP contribution in [0.1, 0.15) is 28.5 Å². The number of hydrogen-bond acceptors (Lipinski definition) is 0. The zero-order chi connectivity index (χ0) is 6.08. The van der Waals surface area contributed by atoms with Crippen LogP contribution >= 0.6 is 0 Å². The third-order valence-electron chi connectivity index (χ3n) is 0.686. The fourth-order valence-electron chi connectivity index (χ4n) is 0. The van der Waals surface area contributed by atoms with Crippen molar-refractivity contribution in [1.82, 2.24) is 0 Å². The Kier molecular flexibility index (Phi) is 1.08. The Hall–Kier alpha value is -0.0700. The minimum atomic E-state index is -1.33. The molecule has 0 aromatic heterocycles. The highest BCUT2D eigenvalue weighted by Gasteiger charge is 2.09. The molecule has 0 aromatic rings. The van der Waals surface area contributed by atoms with Gasteiger partial charge in [-0.15, -0.1) is 0 Å². The third kappa shape index (κ3) is 3.93. The molecular formula is C5H11F. The summed E-state index contributed by atoms with van der Waals surface area (Å²) in [5.74, 6) is 0. The second kappa shape index (κ2) is 1.59. The lowest BCUT2D eigenvalue weighted by atomic mass is 10.1. The van der Waals surface area contributed by atoms with Crippen LogP contribution in [-0.2, 0) is 0 Å². The molecule has 0 N–H and O–H groups in total. The molecule has 0 bridgehead atoms. The Morgan fingerprint density at radius 2 is 2.00 bits per heavy atom. The average Bonchev–Trinajstić information content (AvgIpc) is 1.31. The minimum absolute atomic E-state index is 0.618. The quantitative estimate of drug-likeness (QED) is 0.463. The molecule has 6 heavy (non-hydrogen) atoms. The van der Waals surface area contributed by atoms with Crippen LogP contribution in [0.25, 0.3) is 0 Å². The van der Waals surface area contributed by atoms with Gasteiger partial charge in [0.15, 0.2) is 0 Å². The molecule has 0 amide bonds. The van der Waals surface area contributed by atoms with Crippen LogP contribution in [0.15, 0.2) is 0 Å². The lowest BCUT2D eigenvalue weighted by Crippen LogP contribution is -2.07. The van der Waals surface area contributed by atoms with E-state index < -0.39 is 12.1 Å². The van der Waals surface area contributed by atoms with Gasteiger partial charge in [0.05, 0.1) is 0 Å². The smallest absolute Gasteiger partial charge is 0.105 e. The molecule has 0 aromatic carbocycles. The van der Waals surface area contributed by atoms with Crippen LogP contribution in [-0.4, -0.2) is 5.67 Å². The number of halogens is 1. The Balaban J connectivity index is 3.54. The van der Waals surface area contributed by atoms with E-state index in [2.05, 4.69) is 0 Å². The van der Waals surface area contributed by atoms with Gasteiger partial charge in [0, 0.05) is 1.37 Å². The first-order valence-electron chi connectivity index (χ1n) is 2.63. The van der Waals surface area contributed by atoms with Crippen molar-refractivity contribution in [2.75, 3.05) is 0 Å². The monoisotopic (exact) mass is 91.1 g/mol. The molecular weight excluding hydrogens is 79.1 g/mol. The molecule has 1 atom stereocenters. The Morgan fingerprint density at radius 1 is 1.83 bits per heavy atom. The Bertz CT molecular complexity index is 53.6. The van der Waals surface area contributed by atoms with E-state index >= 15 is 0 Å². The van der Waals surface area contributed by atoms with Crippen molar-refractivity contribution in [3.63, 3.8) is 0 Å². The van der Waals surface area contributed by atoms with E-state index in [-0.39, 0.29) is 0 Å². The molecule has 0 saturated heterocycles. The van der Waals surface area contributed by atoms with Gasteiger partial charge in [-0.25, -0.2) is 4.39 Å². The summed E-state index contributed by atoms with van der Waals surface area (Å²) in [7, 11) is 0. The number of alkyl halides is 1. The van der Waals surface area contributed by atoms with Gasteiger partial charge in [-0.05, 0) is 20.2 Å². The van der Waals surface area contributed by atoms with Gasteiger partial charge in [0.2, 0.25) is 0 Å². The fourth-order valence-corrected chi connectivity index (χ4v) is 0. The maximum atomic E-state index is 12.3. The zero-order valence-electron chi connectivity index (χ0n) is 5.46. The van der Waals surface area contributed by atoms with Crippen LogP contribution < -0.4 is 0 Å². The second-order valence-corrected chi connectivity index (χ2v) is 1.85. The molecule has 1 heteroatoms. The summed E-state index contributed by atoms with van der Waals surface area (Å²) >= 11 is 0. The molecule has 0 fully saturated rings. The summed E-state index contributed by atoms with van der Waals surface area (Å²) in [6.45, 7) is 4.36. The lowest BCUT2D eigenvalue weighted by molar-refractivity contribution is 0.210.